The number of hydrogen-bond acceptors (Lipinski definition) is 2. The summed E-state index contributed by atoms with van der Waals surface area (Å²) in [7, 11) is 0. The van der Waals surface area contributed by atoms with Crippen molar-refractivity contribution in [3.63, 3.8) is 0 Å². The van der Waals surface area contributed by atoms with Crippen molar-refractivity contribution in [3.05, 3.63) is 50.1 Å². The molecule has 0 amide bonds. The molecule has 1 aromatic carbocycles. The summed E-state index contributed by atoms with van der Waals surface area (Å²) in [6.07, 6.45) is 0. The Morgan fingerprint density at radius 2 is 1.94 bits per heavy atom. The van der Waals surface area contributed by atoms with Crippen LogP contribution < -0.4 is 4.74 Å². The highest BCUT2D eigenvalue weighted by Crippen LogP contribution is 2.28. The van der Waals surface area contributed by atoms with Crippen LogP contribution in [0.5, 0.6) is 5.75 Å². The highest BCUT2D eigenvalue weighted by atomic mass is 79.9. The molecule has 1 nitrogen and oxygen atoms in total. The van der Waals surface area contributed by atoms with E-state index in [2.05, 4.69) is 15.9 Å². The van der Waals surface area contributed by atoms with Crippen molar-refractivity contribution in [1.82, 2.24) is 0 Å². The fraction of sp³-hybridized carbons (Fsp3) is 0.167. The van der Waals surface area contributed by atoms with Crippen molar-refractivity contribution in [2.24, 2.45) is 0 Å². The monoisotopic (exact) mass is 352 g/mol. The molecule has 2 aromatic rings. The maximum Gasteiger partial charge on any atom is 0.191 e. The first-order chi connectivity index (χ1) is 8.61. The molecule has 1 heterocycles. The summed E-state index contributed by atoms with van der Waals surface area (Å²) in [6, 6.07) is 4.20. The van der Waals surface area contributed by atoms with Crippen LogP contribution in [0, 0.1) is 11.6 Å². The van der Waals surface area contributed by atoms with E-state index in [0.29, 0.717) is 5.56 Å². The summed E-state index contributed by atoms with van der Waals surface area (Å²) in [4.78, 5) is 0.871. The van der Waals surface area contributed by atoms with Gasteiger partial charge in [0.1, 0.15) is 6.61 Å². The molecule has 0 atom stereocenters. The lowest BCUT2D eigenvalue weighted by molar-refractivity contribution is 0.276. The maximum atomic E-state index is 13.6. The summed E-state index contributed by atoms with van der Waals surface area (Å²) >= 11 is 10.3. The predicted molar refractivity (Wildman–Crippen MR) is 72.3 cm³/mol. The Morgan fingerprint density at radius 3 is 2.44 bits per heavy atom. The second kappa shape index (κ2) is 5.99. The average molecular weight is 354 g/mol. The van der Waals surface area contributed by atoms with Gasteiger partial charge in [-0.15, -0.1) is 22.9 Å². The van der Waals surface area contributed by atoms with E-state index in [1.165, 1.54) is 23.5 Å². The molecule has 96 valence electrons. The summed E-state index contributed by atoms with van der Waals surface area (Å²) in [6.45, 7) is 0.117. The molecule has 0 saturated heterocycles. The Kier molecular flexibility index (Phi) is 4.59. The zero-order valence-electron chi connectivity index (χ0n) is 9.05. The summed E-state index contributed by atoms with van der Waals surface area (Å²) < 4.78 is 33.2. The molecular weight excluding hydrogens is 346 g/mol. The first-order valence-corrected chi connectivity index (χ1v) is 7.21. The Bertz CT molecular complexity index is 536. The largest absolute Gasteiger partial charge is 0.482 e. The third-order valence-electron chi connectivity index (χ3n) is 2.25. The minimum Gasteiger partial charge on any atom is -0.482 e. The minimum atomic E-state index is -0.738. The quantitative estimate of drug-likeness (QED) is 0.694. The Morgan fingerprint density at radius 1 is 1.28 bits per heavy atom. The Labute approximate surface area is 120 Å². The van der Waals surface area contributed by atoms with E-state index >= 15 is 0 Å². The van der Waals surface area contributed by atoms with E-state index in [-0.39, 0.29) is 18.2 Å². The van der Waals surface area contributed by atoms with E-state index in [4.69, 9.17) is 16.3 Å². The molecular formula is C12H8BrClF2OS. The molecule has 6 heteroatoms. The highest BCUT2D eigenvalue weighted by molar-refractivity contribution is 9.10. The fourth-order valence-electron chi connectivity index (χ4n) is 1.39. The van der Waals surface area contributed by atoms with Gasteiger partial charge in [0, 0.05) is 10.4 Å². The smallest absolute Gasteiger partial charge is 0.191 e. The molecule has 0 aliphatic carbocycles. The first-order valence-electron chi connectivity index (χ1n) is 5.00. The van der Waals surface area contributed by atoms with Crippen LogP contribution in [0.1, 0.15) is 10.4 Å². The number of alkyl halides is 1. The number of thiophene rings is 1. The van der Waals surface area contributed by atoms with Crippen LogP contribution in [0.4, 0.5) is 8.78 Å². The number of hydrogen-bond donors (Lipinski definition) is 0. The number of benzene rings is 1. The van der Waals surface area contributed by atoms with Crippen LogP contribution in [0.15, 0.2) is 28.1 Å². The molecule has 0 spiro atoms. The van der Waals surface area contributed by atoms with Crippen molar-refractivity contribution in [3.8, 4) is 5.75 Å². The van der Waals surface area contributed by atoms with Crippen LogP contribution in [-0.2, 0) is 12.5 Å². The summed E-state index contributed by atoms with van der Waals surface area (Å²) in [5.74, 6) is -1.79. The second-order valence-electron chi connectivity index (χ2n) is 3.50. The van der Waals surface area contributed by atoms with E-state index in [9.17, 15) is 8.78 Å². The van der Waals surface area contributed by atoms with Gasteiger partial charge >= 0.3 is 0 Å². The summed E-state index contributed by atoms with van der Waals surface area (Å²) in [5.41, 5.74) is 0.385. The van der Waals surface area contributed by atoms with Gasteiger partial charge < -0.3 is 4.74 Å². The van der Waals surface area contributed by atoms with Crippen molar-refractivity contribution in [1.29, 1.82) is 0 Å². The third-order valence-corrected chi connectivity index (χ3v) is 4.46. The molecule has 1 aromatic heterocycles. The SMILES string of the molecule is Fc1cc(CCl)cc(F)c1OCc1sccc1Br. The van der Waals surface area contributed by atoms with Crippen molar-refractivity contribution < 1.29 is 13.5 Å². The van der Waals surface area contributed by atoms with Crippen molar-refractivity contribution >= 4 is 38.9 Å². The molecule has 0 aliphatic rings. The molecule has 18 heavy (non-hydrogen) atoms. The number of halogens is 4. The van der Waals surface area contributed by atoms with Gasteiger partial charge in [-0.25, -0.2) is 8.78 Å². The standard InChI is InChI=1S/C12H8BrClF2OS/c13-8-1-2-18-11(8)6-17-12-9(15)3-7(5-14)4-10(12)16/h1-4H,5-6H2. The van der Waals surface area contributed by atoms with Gasteiger partial charge in [-0.3, -0.25) is 0 Å². The average Bonchev–Trinajstić information content (AvgIpc) is 2.73. The van der Waals surface area contributed by atoms with Gasteiger partial charge in [0.05, 0.1) is 4.88 Å². The normalized spacial score (nSPS) is 10.7. The van der Waals surface area contributed by atoms with E-state index < -0.39 is 11.6 Å². The molecule has 0 bridgehead atoms. The zero-order chi connectivity index (χ0) is 13.1. The molecule has 2 rings (SSSR count). The third kappa shape index (κ3) is 3.02. The molecule has 0 unspecified atom stereocenters. The van der Waals surface area contributed by atoms with Crippen molar-refractivity contribution in [2.75, 3.05) is 0 Å². The lowest BCUT2D eigenvalue weighted by Gasteiger charge is -2.08. The minimum absolute atomic E-state index is 0.0601. The van der Waals surface area contributed by atoms with Crippen LogP contribution >= 0.6 is 38.9 Å². The van der Waals surface area contributed by atoms with Gasteiger partial charge in [0.2, 0.25) is 0 Å². The van der Waals surface area contributed by atoms with Crippen molar-refractivity contribution in [2.45, 2.75) is 12.5 Å². The second-order valence-corrected chi connectivity index (χ2v) is 5.62. The van der Waals surface area contributed by atoms with Gasteiger partial charge in [0.25, 0.3) is 0 Å². The molecule has 0 fully saturated rings. The highest BCUT2D eigenvalue weighted by Gasteiger charge is 2.13. The lowest BCUT2D eigenvalue weighted by Crippen LogP contribution is -2.00. The van der Waals surface area contributed by atoms with Crippen LogP contribution in [0.2, 0.25) is 0 Å². The van der Waals surface area contributed by atoms with E-state index in [0.717, 1.165) is 9.35 Å². The predicted octanol–water partition coefficient (Wildman–Crippen LogP) is 5.11. The zero-order valence-corrected chi connectivity index (χ0v) is 12.2. The lowest BCUT2D eigenvalue weighted by atomic mass is 10.2. The van der Waals surface area contributed by atoms with Crippen LogP contribution in [0.3, 0.4) is 0 Å². The summed E-state index contributed by atoms with van der Waals surface area (Å²) in [5, 5.41) is 1.87. The van der Waals surface area contributed by atoms with Crippen LogP contribution in [-0.4, -0.2) is 0 Å². The molecule has 0 aliphatic heterocycles. The number of rotatable bonds is 4. The van der Waals surface area contributed by atoms with Gasteiger partial charge in [-0.2, -0.15) is 0 Å². The fourth-order valence-corrected chi connectivity index (χ4v) is 2.93. The number of ether oxygens (including phenoxy) is 1. The van der Waals surface area contributed by atoms with Crippen LogP contribution in [0.25, 0.3) is 0 Å². The Hall–Kier alpha value is -0.650. The molecule has 0 radical (unpaired) electrons. The molecule has 0 N–H and O–H groups in total. The van der Waals surface area contributed by atoms with Gasteiger partial charge in [-0.1, -0.05) is 0 Å². The maximum absolute atomic E-state index is 13.6. The molecule has 0 saturated carbocycles. The topological polar surface area (TPSA) is 9.23 Å². The Balaban J connectivity index is 2.17. The van der Waals surface area contributed by atoms with Gasteiger partial charge in [-0.05, 0) is 45.1 Å². The van der Waals surface area contributed by atoms with E-state index in [1.807, 2.05) is 11.4 Å². The first kappa shape index (κ1) is 13.8. The van der Waals surface area contributed by atoms with E-state index in [1.54, 1.807) is 0 Å². The van der Waals surface area contributed by atoms with Gasteiger partial charge in [0.15, 0.2) is 17.4 Å².